The number of rotatable bonds is 1. The van der Waals surface area contributed by atoms with Crippen LogP contribution in [0.15, 0.2) is 0 Å². The van der Waals surface area contributed by atoms with E-state index in [9.17, 15) is 0 Å². The summed E-state index contributed by atoms with van der Waals surface area (Å²) < 4.78 is 0. The number of nitrogens with one attached hydrogen (secondary N) is 1. The second-order valence-corrected chi connectivity index (χ2v) is 8.09. The second kappa shape index (κ2) is 3.75. The first-order chi connectivity index (χ1) is 8.63. The average Bonchev–Trinajstić information content (AvgIpc) is 3.23. The summed E-state index contributed by atoms with van der Waals surface area (Å²) in [5, 5.41) is 3.74. The van der Waals surface area contributed by atoms with Crippen molar-refractivity contribution in [1.82, 2.24) is 5.32 Å². The van der Waals surface area contributed by atoms with Crippen molar-refractivity contribution in [2.24, 2.45) is 53.3 Å². The molecule has 1 N–H and O–H groups in total. The van der Waals surface area contributed by atoms with E-state index in [0.717, 1.165) is 59.3 Å². The first-order valence-electron chi connectivity index (χ1n) is 8.30. The molecule has 4 rings (SSSR count). The molecule has 102 valence electrons. The minimum absolute atomic E-state index is 0.798. The van der Waals surface area contributed by atoms with Crippen LogP contribution in [0.5, 0.6) is 0 Å². The fourth-order valence-electron chi connectivity index (χ4n) is 6.23. The molecule has 0 heterocycles. The molecule has 1 nitrogen and oxygen atoms in total. The third-order valence-electron chi connectivity index (χ3n) is 7.60. The molecule has 0 aliphatic heterocycles. The minimum Gasteiger partial charge on any atom is -0.316 e. The summed E-state index contributed by atoms with van der Waals surface area (Å²) in [6, 6.07) is 0.798. The SMILES string of the molecule is CNC1C2C3C[C@@H]3[C@H](C)[C@@H]2C[C@@H]2CC2[C@@H](C)[C@H]1C. The molecule has 4 fully saturated rings. The third-order valence-corrected chi connectivity index (χ3v) is 7.60. The molecule has 4 aliphatic rings. The molecule has 0 aromatic rings. The zero-order valence-electron chi connectivity index (χ0n) is 12.4. The zero-order valence-corrected chi connectivity index (χ0v) is 12.4. The van der Waals surface area contributed by atoms with Crippen molar-refractivity contribution < 1.29 is 0 Å². The van der Waals surface area contributed by atoms with Crippen LogP contribution in [0.1, 0.15) is 40.0 Å². The van der Waals surface area contributed by atoms with Crippen LogP contribution in [0.4, 0.5) is 0 Å². The number of hydrogen-bond donors (Lipinski definition) is 1. The predicted molar refractivity (Wildman–Crippen MR) is 75.1 cm³/mol. The Kier molecular flexibility index (Phi) is 2.45. The van der Waals surface area contributed by atoms with Crippen molar-refractivity contribution in [3.05, 3.63) is 0 Å². The minimum atomic E-state index is 0.798. The summed E-state index contributed by atoms with van der Waals surface area (Å²) in [5.41, 5.74) is 0. The summed E-state index contributed by atoms with van der Waals surface area (Å²) in [7, 11) is 2.22. The Hall–Kier alpha value is -0.0400. The van der Waals surface area contributed by atoms with Gasteiger partial charge in [-0.2, -0.15) is 0 Å². The highest BCUT2D eigenvalue weighted by molar-refractivity contribution is 5.12. The Morgan fingerprint density at radius 1 is 0.722 bits per heavy atom. The molecule has 10 atom stereocenters. The molecule has 18 heavy (non-hydrogen) atoms. The van der Waals surface area contributed by atoms with Crippen molar-refractivity contribution in [1.29, 1.82) is 0 Å². The van der Waals surface area contributed by atoms with Crippen LogP contribution >= 0.6 is 0 Å². The maximum absolute atomic E-state index is 3.74. The largest absolute Gasteiger partial charge is 0.316 e. The first-order valence-corrected chi connectivity index (χ1v) is 8.30. The fourth-order valence-corrected chi connectivity index (χ4v) is 6.23. The van der Waals surface area contributed by atoms with Gasteiger partial charge in [-0.3, -0.25) is 0 Å². The van der Waals surface area contributed by atoms with Crippen molar-refractivity contribution in [2.75, 3.05) is 7.05 Å². The molecule has 0 amide bonds. The highest BCUT2D eigenvalue weighted by atomic mass is 14.9. The van der Waals surface area contributed by atoms with Gasteiger partial charge in [0, 0.05) is 6.04 Å². The average molecular weight is 247 g/mol. The van der Waals surface area contributed by atoms with E-state index in [1.807, 2.05) is 0 Å². The van der Waals surface area contributed by atoms with Crippen molar-refractivity contribution in [2.45, 2.75) is 46.1 Å². The van der Waals surface area contributed by atoms with Crippen molar-refractivity contribution >= 4 is 0 Å². The van der Waals surface area contributed by atoms with Gasteiger partial charge in [-0.25, -0.2) is 0 Å². The quantitative estimate of drug-likeness (QED) is 0.749. The lowest BCUT2D eigenvalue weighted by Crippen LogP contribution is -2.46. The first kappa shape index (κ1) is 11.8. The summed E-state index contributed by atoms with van der Waals surface area (Å²) in [6.45, 7) is 7.63. The molecule has 4 unspecified atom stereocenters. The van der Waals surface area contributed by atoms with E-state index in [2.05, 4.69) is 33.1 Å². The maximum Gasteiger partial charge on any atom is 0.0126 e. The number of hydrogen-bond acceptors (Lipinski definition) is 1. The van der Waals surface area contributed by atoms with Crippen molar-refractivity contribution in [3.63, 3.8) is 0 Å². The molecule has 0 bridgehead atoms. The molecule has 0 aromatic heterocycles. The van der Waals surface area contributed by atoms with Crippen LogP contribution in [-0.4, -0.2) is 13.1 Å². The van der Waals surface area contributed by atoms with Crippen LogP contribution in [0.2, 0.25) is 0 Å². The smallest absolute Gasteiger partial charge is 0.0126 e. The van der Waals surface area contributed by atoms with Gasteiger partial charge in [-0.15, -0.1) is 0 Å². The summed E-state index contributed by atoms with van der Waals surface area (Å²) in [6.07, 6.45) is 4.67. The van der Waals surface area contributed by atoms with Crippen LogP contribution in [0.25, 0.3) is 0 Å². The van der Waals surface area contributed by atoms with E-state index in [0.29, 0.717) is 0 Å². The molecule has 0 aromatic carbocycles. The number of fused-ring (bicyclic) bond motifs is 4. The Morgan fingerprint density at radius 2 is 1.44 bits per heavy atom. The van der Waals surface area contributed by atoms with E-state index in [-0.39, 0.29) is 0 Å². The van der Waals surface area contributed by atoms with E-state index in [1.54, 1.807) is 19.3 Å². The Morgan fingerprint density at radius 3 is 2.17 bits per heavy atom. The molecule has 0 radical (unpaired) electrons. The Balaban J connectivity index is 1.67. The Bertz CT molecular complexity index is 352. The van der Waals surface area contributed by atoms with Crippen LogP contribution in [0.3, 0.4) is 0 Å². The van der Waals surface area contributed by atoms with Gasteiger partial charge in [0.1, 0.15) is 0 Å². The van der Waals surface area contributed by atoms with Gasteiger partial charge in [0.25, 0.3) is 0 Å². The fraction of sp³-hybridized carbons (Fsp3) is 1.00. The Labute approximate surface area is 112 Å². The lowest BCUT2D eigenvalue weighted by Gasteiger charge is -2.41. The van der Waals surface area contributed by atoms with Crippen LogP contribution in [0, 0.1) is 53.3 Å². The molecular weight excluding hydrogens is 218 g/mol. The van der Waals surface area contributed by atoms with Gasteiger partial charge in [-0.05, 0) is 79.6 Å². The monoisotopic (exact) mass is 247 g/mol. The summed E-state index contributed by atoms with van der Waals surface area (Å²) >= 11 is 0. The van der Waals surface area contributed by atoms with Gasteiger partial charge in [0.15, 0.2) is 0 Å². The second-order valence-electron chi connectivity index (χ2n) is 8.09. The van der Waals surface area contributed by atoms with Gasteiger partial charge >= 0.3 is 0 Å². The van der Waals surface area contributed by atoms with Crippen LogP contribution < -0.4 is 5.32 Å². The molecule has 1 heteroatoms. The normalized spacial score (nSPS) is 65.3. The van der Waals surface area contributed by atoms with Crippen LogP contribution in [-0.2, 0) is 0 Å². The van der Waals surface area contributed by atoms with Crippen molar-refractivity contribution in [3.8, 4) is 0 Å². The summed E-state index contributed by atoms with van der Waals surface area (Å²) in [4.78, 5) is 0. The topological polar surface area (TPSA) is 12.0 Å². The van der Waals surface area contributed by atoms with Gasteiger partial charge < -0.3 is 5.32 Å². The van der Waals surface area contributed by atoms with E-state index in [4.69, 9.17) is 0 Å². The standard InChI is InChI=1S/C17H29N/c1-8-9(2)17(18-4)16-14(6-11-5-12(8)11)10(3)13-7-15(13)16/h8-18H,5-7H2,1-4H3/t8-,9+,10-,11-,12?,13+,14-,15?,16?,17?/m0/s1. The molecule has 4 aliphatic carbocycles. The zero-order chi connectivity index (χ0) is 12.6. The predicted octanol–water partition coefficient (Wildman–Crippen LogP) is 3.40. The maximum atomic E-state index is 3.74. The highest BCUT2D eigenvalue weighted by Crippen LogP contribution is 2.67. The van der Waals surface area contributed by atoms with Gasteiger partial charge in [-0.1, -0.05) is 20.8 Å². The molecule has 0 saturated heterocycles. The van der Waals surface area contributed by atoms with E-state index < -0.39 is 0 Å². The highest BCUT2D eigenvalue weighted by Gasteiger charge is 2.63. The van der Waals surface area contributed by atoms with Gasteiger partial charge in [0.05, 0.1) is 0 Å². The summed E-state index contributed by atoms with van der Waals surface area (Å²) in [5.74, 6) is 9.28. The van der Waals surface area contributed by atoms with E-state index >= 15 is 0 Å². The lowest BCUT2D eigenvalue weighted by molar-refractivity contribution is 0.111. The molecule has 4 saturated carbocycles. The van der Waals surface area contributed by atoms with E-state index in [1.165, 1.54) is 0 Å². The molecular formula is C17H29N. The lowest BCUT2D eigenvalue weighted by atomic mass is 9.69. The third kappa shape index (κ3) is 1.43. The molecule has 0 spiro atoms. The van der Waals surface area contributed by atoms with Gasteiger partial charge in [0.2, 0.25) is 0 Å².